The lowest BCUT2D eigenvalue weighted by Crippen LogP contribution is -2.35. The first-order chi connectivity index (χ1) is 11.6. The highest BCUT2D eigenvalue weighted by Crippen LogP contribution is 2.27. The topological polar surface area (TPSA) is 67.1 Å². The summed E-state index contributed by atoms with van der Waals surface area (Å²) in [5.74, 6) is 3.85. The second-order valence-electron chi connectivity index (χ2n) is 6.89. The van der Waals surface area contributed by atoms with Crippen LogP contribution in [-0.4, -0.2) is 39.3 Å². The minimum atomic E-state index is -0.0857. The molecule has 2 aromatic rings. The quantitative estimate of drug-likeness (QED) is 0.883. The zero-order valence-electron chi connectivity index (χ0n) is 14.9. The molecular formula is C18H28N4O2. The molecule has 0 spiro atoms. The van der Waals surface area contributed by atoms with Crippen LogP contribution in [0.5, 0.6) is 0 Å². The van der Waals surface area contributed by atoms with Crippen molar-refractivity contribution in [2.45, 2.75) is 58.4 Å². The Morgan fingerprint density at radius 2 is 2.12 bits per heavy atom. The Hall–Kier alpha value is -1.82. The van der Waals surface area contributed by atoms with E-state index in [9.17, 15) is 4.79 Å². The van der Waals surface area contributed by atoms with Crippen molar-refractivity contribution in [1.29, 1.82) is 0 Å². The third-order valence-corrected chi connectivity index (χ3v) is 5.18. The van der Waals surface area contributed by atoms with Crippen LogP contribution in [0, 0.1) is 6.92 Å². The number of furan rings is 1. The Morgan fingerprint density at radius 3 is 2.75 bits per heavy atom. The van der Waals surface area contributed by atoms with Gasteiger partial charge in [-0.1, -0.05) is 6.92 Å². The van der Waals surface area contributed by atoms with Gasteiger partial charge in [0.15, 0.2) is 0 Å². The maximum atomic E-state index is 11.7. The fraction of sp³-hybridized carbons (Fsp3) is 0.667. The standard InChI is InChI=1S/C18H28N4O2/c1-4-22-17(19-20-18(22)23)15-8-11-21(12-9-15)10-7-13(2)16-6-5-14(3)24-16/h5-6,13,15H,4,7-12H2,1-3H3,(H,20,23)/t13-/m1/s1. The van der Waals surface area contributed by atoms with Crippen molar-refractivity contribution in [3.8, 4) is 0 Å². The first-order valence-corrected chi connectivity index (χ1v) is 9.02. The van der Waals surface area contributed by atoms with Gasteiger partial charge in [0.25, 0.3) is 0 Å². The van der Waals surface area contributed by atoms with Crippen LogP contribution in [-0.2, 0) is 6.54 Å². The molecular weight excluding hydrogens is 304 g/mol. The number of piperidine rings is 1. The molecule has 0 unspecified atom stereocenters. The van der Waals surface area contributed by atoms with E-state index >= 15 is 0 Å². The molecule has 0 aliphatic carbocycles. The summed E-state index contributed by atoms with van der Waals surface area (Å²) in [5, 5.41) is 6.84. The SMILES string of the molecule is CCn1c(C2CCN(CC[C@@H](C)c3ccc(C)o3)CC2)n[nH]c1=O. The lowest BCUT2D eigenvalue weighted by atomic mass is 9.95. The van der Waals surface area contributed by atoms with E-state index in [-0.39, 0.29) is 5.69 Å². The summed E-state index contributed by atoms with van der Waals surface area (Å²) >= 11 is 0. The average Bonchev–Trinajstić information content (AvgIpc) is 3.18. The number of nitrogens with zero attached hydrogens (tertiary/aromatic N) is 3. The molecule has 6 nitrogen and oxygen atoms in total. The first kappa shape index (κ1) is 17.0. The van der Waals surface area contributed by atoms with Crippen LogP contribution >= 0.6 is 0 Å². The van der Waals surface area contributed by atoms with Crippen LogP contribution in [0.3, 0.4) is 0 Å². The highest BCUT2D eigenvalue weighted by atomic mass is 16.3. The molecule has 1 saturated heterocycles. The van der Waals surface area contributed by atoms with Crippen LogP contribution < -0.4 is 5.69 Å². The zero-order chi connectivity index (χ0) is 17.1. The molecule has 0 saturated carbocycles. The molecule has 3 heterocycles. The molecule has 1 aliphatic heterocycles. The molecule has 3 rings (SSSR count). The highest BCUT2D eigenvalue weighted by Gasteiger charge is 2.25. The van der Waals surface area contributed by atoms with Gasteiger partial charge in [0.05, 0.1) is 0 Å². The van der Waals surface area contributed by atoms with Crippen molar-refractivity contribution in [1.82, 2.24) is 19.7 Å². The summed E-state index contributed by atoms with van der Waals surface area (Å²) in [4.78, 5) is 14.2. The number of rotatable bonds is 6. The van der Waals surface area contributed by atoms with Gasteiger partial charge in [-0.25, -0.2) is 9.89 Å². The van der Waals surface area contributed by atoms with Gasteiger partial charge in [-0.15, -0.1) is 0 Å². The third kappa shape index (κ3) is 3.64. The van der Waals surface area contributed by atoms with Crippen molar-refractivity contribution in [3.05, 3.63) is 40.0 Å². The van der Waals surface area contributed by atoms with Crippen LogP contribution in [0.2, 0.25) is 0 Å². The Kier molecular flexibility index (Phi) is 5.23. The number of hydrogen-bond acceptors (Lipinski definition) is 4. The highest BCUT2D eigenvalue weighted by molar-refractivity contribution is 5.09. The minimum Gasteiger partial charge on any atom is -0.466 e. The van der Waals surface area contributed by atoms with E-state index in [0.717, 1.165) is 56.2 Å². The zero-order valence-corrected chi connectivity index (χ0v) is 14.9. The number of nitrogens with one attached hydrogen (secondary N) is 1. The maximum absolute atomic E-state index is 11.7. The lowest BCUT2D eigenvalue weighted by Gasteiger charge is -2.32. The number of H-pyrrole nitrogens is 1. The van der Waals surface area contributed by atoms with E-state index < -0.39 is 0 Å². The Morgan fingerprint density at radius 1 is 1.38 bits per heavy atom. The van der Waals surface area contributed by atoms with Crippen LogP contribution in [0.15, 0.2) is 21.3 Å². The summed E-state index contributed by atoms with van der Waals surface area (Å²) in [6.07, 6.45) is 3.25. The van der Waals surface area contributed by atoms with Crippen molar-refractivity contribution in [2.24, 2.45) is 0 Å². The second kappa shape index (κ2) is 7.38. The number of likely N-dealkylation sites (tertiary alicyclic amines) is 1. The Balaban J connectivity index is 1.49. The third-order valence-electron chi connectivity index (χ3n) is 5.18. The predicted octanol–water partition coefficient (Wildman–Crippen LogP) is 2.87. The molecule has 1 atom stereocenters. The minimum absolute atomic E-state index is 0.0857. The maximum Gasteiger partial charge on any atom is 0.343 e. The summed E-state index contributed by atoms with van der Waals surface area (Å²) in [5.41, 5.74) is -0.0857. The molecule has 6 heteroatoms. The predicted molar refractivity (Wildman–Crippen MR) is 93.4 cm³/mol. The fourth-order valence-electron chi connectivity index (χ4n) is 3.60. The molecule has 0 radical (unpaired) electrons. The van der Waals surface area contributed by atoms with Crippen molar-refractivity contribution in [3.63, 3.8) is 0 Å². The lowest BCUT2D eigenvalue weighted by molar-refractivity contribution is 0.200. The van der Waals surface area contributed by atoms with E-state index in [0.29, 0.717) is 18.4 Å². The first-order valence-electron chi connectivity index (χ1n) is 9.02. The number of aryl methyl sites for hydroxylation is 1. The molecule has 132 valence electrons. The van der Waals surface area contributed by atoms with Crippen molar-refractivity contribution < 1.29 is 4.42 Å². The largest absolute Gasteiger partial charge is 0.466 e. The van der Waals surface area contributed by atoms with Gasteiger partial charge in [0.1, 0.15) is 17.3 Å². The molecule has 1 N–H and O–H groups in total. The van der Waals surface area contributed by atoms with Gasteiger partial charge >= 0.3 is 5.69 Å². The van der Waals surface area contributed by atoms with Gasteiger partial charge in [-0.3, -0.25) is 4.57 Å². The van der Waals surface area contributed by atoms with E-state index in [1.165, 1.54) is 0 Å². The van der Waals surface area contributed by atoms with Crippen LogP contribution in [0.25, 0.3) is 0 Å². The number of hydrogen-bond donors (Lipinski definition) is 1. The van der Waals surface area contributed by atoms with Gasteiger partial charge in [-0.05, 0) is 64.9 Å². The molecule has 0 aromatic carbocycles. The summed E-state index contributed by atoms with van der Waals surface area (Å²) in [7, 11) is 0. The molecule has 1 fully saturated rings. The molecule has 2 aromatic heterocycles. The van der Waals surface area contributed by atoms with Gasteiger partial charge < -0.3 is 9.32 Å². The van der Waals surface area contributed by atoms with Crippen molar-refractivity contribution >= 4 is 0 Å². The van der Waals surface area contributed by atoms with E-state index in [4.69, 9.17) is 4.42 Å². The monoisotopic (exact) mass is 332 g/mol. The van der Waals surface area contributed by atoms with E-state index in [2.05, 4.69) is 28.1 Å². The molecule has 24 heavy (non-hydrogen) atoms. The summed E-state index contributed by atoms with van der Waals surface area (Å²) in [6.45, 7) is 10.1. The van der Waals surface area contributed by atoms with Crippen LogP contribution in [0.1, 0.15) is 62.3 Å². The Bertz CT molecular complexity index is 707. The van der Waals surface area contributed by atoms with E-state index in [1.54, 1.807) is 4.57 Å². The molecule has 1 aliphatic rings. The van der Waals surface area contributed by atoms with Crippen LogP contribution in [0.4, 0.5) is 0 Å². The number of aromatic nitrogens is 3. The summed E-state index contributed by atoms with van der Waals surface area (Å²) in [6, 6.07) is 4.13. The average molecular weight is 332 g/mol. The smallest absolute Gasteiger partial charge is 0.343 e. The van der Waals surface area contributed by atoms with Gasteiger partial charge in [0.2, 0.25) is 0 Å². The molecule has 0 bridgehead atoms. The normalized spacial score (nSPS) is 18.1. The van der Waals surface area contributed by atoms with E-state index in [1.807, 2.05) is 19.9 Å². The second-order valence-corrected chi connectivity index (χ2v) is 6.89. The van der Waals surface area contributed by atoms with Gasteiger partial charge in [-0.2, -0.15) is 5.10 Å². The molecule has 0 amide bonds. The fourth-order valence-corrected chi connectivity index (χ4v) is 3.60. The van der Waals surface area contributed by atoms with Gasteiger partial charge in [0, 0.05) is 18.4 Å². The summed E-state index contributed by atoms with van der Waals surface area (Å²) < 4.78 is 7.49. The van der Waals surface area contributed by atoms with Crippen molar-refractivity contribution in [2.75, 3.05) is 19.6 Å². The number of aromatic amines is 1. The Labute approximate surface area is 142 Å².